The lowest BCUT2D eigenvalue weighted by atomic mass is 10.2. The Labute approximate surface area is 178 Å². The molecule has 3 rings (SSSR count). The van der Waals surface area contributed by atoms with Crippen molar-refractivity contribution < 1.29 is 9.72 Å². The molecule has 1 aromatic heterocycles. The van der Waals surface area contributed by atoms with Gasteiger partial charge in [0.1, 0.15) is 0 Å². The van der Waals surface area contributed by atoms with Gasteiger partial charge >= 0.3 is 0 Å². The Morgan fingerprint density at radius 3 is 2.45 bits per heavy atom. The SMILES string of the molecule is CN(C)CCN(C(=O)/C=C/c1ccc([N+](=O)[O-])cc1)c1nc2ccccc2s1.Cl. The van der Waals surface area contributed by atoms with E-state index in [1.165, 1.54) is 29.5 Å². The molecule has 29 heavy (non-hydrogen) atoms. The Bertz CT molecular complexity index is 985. The molecule has 0 unspecified atom stereocenters. The molecule has 0 radical (unpaired) electrons. The number of likely N-dealkylation sites (N-methyl/N-ethyl adjacent to an activating group) is 1. The Morgan fingerprint density at radius 1 is 1.14 bits per heavy atom. The first-order valence-electron chi connectivity index (χ1n) is 8.68. The molecule has 7 nitrogen and oxygen atoms in total. The number of carbonyl (C=O) groups excluding carboxylic acids is 1. The van der Waals surface area contributed by atoms with Crippen molar-refractivity contribution in [2.24, 2.45) is 0 Å². The minimum Gasteiger partial charge on any atom is -0.308 e. The Hall–Kier alpha value is -2.81. The van der Waals surface area contributed by atoms with Crippen molar-refractivity contribution in [2.45, 2.75) is 0 Å². The zero-order valence-corrected chi connectivity index (χ0v) is 17.7. The van der Waals surface area contributed by atoms with E-state index in [9.17, 15) is 14.9 Å². The van der Waals surface area contributed by atoms with Crippen molar-refractivity contribution in [3.05, 3.63) is 70.3 Å². The average molecular weight is 433 g/mol. The third-order valence-electron chi connectivity index (χ3n) is 4.07. The van der Waals surface area contributed by atoms with E-state index in [1.54, 1.807) is 23.1 Å². The second-order valence-electron chi connectivity index (χ2n) is 6.44. The number of halogens is 1. The molecule has 0 bridgehead atoms. The summed E-state index contributed by atoms with van der Waals surface area (Å²) in [4.78, 5) is 31.4. The van der Waals surface area contributed by atoms with Gasteiger partial charge in [0.05, 0.1) is 15.1 Å². The molecule has 0 aliphatic carbocycles. The summed E-state index contributed by atoms with van der Waals surface area (Å²) < 4.78 is 1.03. The van der Waals surface area contributed by atoms with Crippen LogP contribution in [0.2, 0.25) is 0 Å². The lowest BCUT2D eigenvalue weighted by Gasteiger charge is -2.20. The van der Waals surface area contributed by atoms with Crippen LogP contribution in [0.3, 0.4) is 0 Å². The molecule has 0 aliphatic heterocycles. The van der Waals surface area contributed by atoms with Gasteiger partial charge in [-0.25, -0.2) is 4.98 Å². The van der Waals surface area contributed by atoms with Gasteiger partial charge in [-0.05, 0) is 50.0 Å². The van der Waals surface area contributed by atoms with Gasteiger partial charge in [-0.1, -0.05) is 23.5 Å². The number of nitrogens with zero attached hydrogens (tertiary/aromatic N) is 4. The van der Waals surface area contributed by atoms with Crippen molar-refractivity contribution in [1.82, 2.24) is 9.88 Å². The van der Waals surface area contributed by atoms with E-state index in [2.05, 4.69) is 4.98 Å². The first-order valence-corrected chi connectivity index (χ1v) is 9.50. The predicted octanol–water partition coefficient (Wildman–Crippen LogP) is 4.23. The van der Waals surface area contributed by atoms with Crippen LogP contribution >= 0.6 is 23.7 Å². The second-order valence-corrected chi connectivity index (χ2v) is 7.45. The number of anilines is 1. The predicted molar refractivity (Wildman–Crippen MR) is 120 cm³/mol. The number of para-hydroxylation sites is 1. The monoisotopic (exact) mass is 432 g/mol. The molecule has 9 heteroatoms. The van der Waals surface area contributed by atoms with Crippen LogP contribution in [0.25, 0.3) is 16.3 Å². The van der Waals surface area contributed by atoms with Crippen LogP contribution in [-0.2, 0) is 4.79 Å². The number of nitro groups is 1. The summed E-state index contributed by atoms with van der Waals surface area (Å²) in [6, 6.07) is 13.8. The summed E-state index contributed by atoms with van der Waals surface area (Å²) in [6.45, 7) is 1.21. The molecule has 0 aliphatic rings. The summed E-state index contributed by atoms with van der Waals surface area (Å²) in [5, 5.41) is 11.4. The molecule has 0 saturated carbocycles. The number of thiazole rings is 1. The van der Waals surface area contributed by atoms with Crippen LogP contribution in [0.5, 0.6) is 0 Å². The fourth-order valence-electron chi connectivity index (χ4n) is 2.54. The third kappa shape index (κ3) is 5.83. The number of aromatic nitrogens is 1. The first-order chi connectivity index (χ1) is 13.4. The van der Waals surface area contributed by atoms with Gasteiger partial charge in [-0.2, -0.15) is 0 Å². The maximum absolute atomic E-state index is 12.9. The molecule has 2 aromatic carbocycles. The minimum absolute atomic E-state index is 0. The summed E-state index contributed by atoms with van der Waals surface area (Å²) in [6.07, 6.45) is 3.13. The standard InChI is InChI=1S/C20H20N4O3S.ClH/c1-22(2)13-14-23(20-21-17-5-3-4-6-18(17)28-20)19(25)12-9-15-7-10-16(11-8-15)24(26)27;/h3-12H,13-14H2,1-2H3;1H/b12-9+;. The first kappa shape index (κ1) is 22.5. The number of benzene rings is 2. The fraction of sp³-hybridized carbons (Fsp3) is 0.200. The van der Waals surface area contributed by atoms with Gasteiger partial charge in [0.15, 0.2) is 5.13 Å². The Morgan fingerprint density at radius 2 is 1.83 bits per heavy atom. The molecule has 0 N–H and O–H groups in total. The largest absolute Gasteiger partial charge is 0.308 e. The van der Waals surface area contributed by atoms with Crippen molar-refractivity contribution in [2.75, 3.05) is 32.1 Å². The lowest BCUT2D eigenvalue weighted by Crippen LogP contribution is -2.35. The number of hydrogen-bond donors (Lipinski definition) is 0. The van der Waals surface area contributed by atoms with Crippen LogP contribution in [0, 0.1) is 10.1 Å². The van der Waals surface area contributed by atoms with Gasteiger partial charge < -0.3 is 4.90 Å². The smallest absolute Gasteiger partial charge is 0.269 e. The third-order valence-corrected chi connectivity index (χ3v) is 5.13. The van der Waals surface area contributed by atoms with Crippen LogP contribution in [-0.4, -0.2) is 47.9 Å². The van der Waals surface area contributed by atoms with E-state index >= 15 is 0 Å². The van der Waals surface area contributed by atoms with Crippen molar-refractivity contribution in [3.63, 3.8) is 0 Å². The molecule has 0 spiro atoms. The zero-order valence-electron chi connectivity index (χ0n) is 16.0. The topological polar surface area (TPSA) is 79.6 Å². The molecule has 3 aromatic rings. The number of amides is 1. The number of fused-ring (bicyclic) bond motifs is 1. The fourth-order valence-corrected chi connectivity index (χ4v) is 3.54. The molecular formula is C20H21ClN4O3S. The summed E-state index contributed by atoms with van der Waals surface area (Å²) in [5.74, 6) is -0.181. The van der Waals surface area contributed by atoms with E-state index in [0.717, 1.165) is 15.8 Å². The van der Waals surface area contributed by atoms with Crippen LogP contribution < -0.4 is 4.90 Å². The number of rotatable bonds is 7. The van der Waals surface area contributed by atoms with E-state index < -0.39 is 4.92 Å². The summed E-state index contributed by atoms with van der Waals surface area (Å²) in [7, 11) is 3.90. The summed E-state index contributed by atoms with van der Waals surface area (Å²) in [5.41, 5.74) is 1.60. The quantitative estimate of drug-likeness (QED) is 0.317. The zero-order chi connectivity index (χ0) is 20.1. The minimum atomic E-state index is -0.450. The Kier molecular flexibility index (Phi) is 7.83. The average Bonchev–Trinajstić information content (AvgIpc) is 3.10. The molecule has 152 valence electrons. The number of carbonyl (C=O) groups is 1. The van der Waals surface area contributed by atoms with Gasteiger partial charge in [0.2, 0.25) is 0 Å². The summed E-state index contributed by atoms with van der Waals surface area (Å²) >= 11 is 1.48. The lowest BCUT2D eigenvalue weighted by molar-refractivity contribution is -0.384. The van der Waals surface area contributed by atoms with Gasteiger partial charge in [-0.15, -0.1) is 12.4 Å². The Balaban J connectivity index is 0.00000300. The molecule has 0 atom stereocenters. The van der Waals surface area contributed by atoms with Crippen LogP contribution in [0.15, 0.2) is 54.6 Å². The van der Waals surface area contributed by atoms with Gasteiger partial charge in [0.25, 0.3) is 11.6 Å². The molecule has 0 fully saturated rings. The number of non-ortho nitro benzene ring substituents is 1. The van der Waals surface area contributed by atoms with Gasteiger partial charge in [-0.3, -0.25) is 19.8 Å². The highest BCUT2D eigenvalue weighted by atomic mass is 35.5. The van der Waals surface area contributed by atoms with E-state index in [4.69, 9.17) is 0 Å². The van der Waals surface area contributed by atoms with E-state index in [1.807, 2.05) is 43.3 Å². The second kappa shape index (κ2) is 10.1. The normalized spacial score (nSPS) is 11.0. The van der Waals surface area contributed by atoms with Crippen molar-refractivity contribution in [3.8, 4) is 0 Å². The van der Waals surface area contributed by atoms with Gasteiger partial charge in [0, 0.05) is 31.3 Å². The van der Waals surface area contributed by atoms with Crippen molar-refractivity contribution >= 4 is 56.8 Å². The number of hydrogen-bond acceptors (Lipinski definition) is 6. The number of nitro benzene ring substituents is 1. The van der Waals surface area contributed by atoms with E-state index in [0.29, 0.717) is 18.2 Å². The van der Waals surface area contributed by atoms with E-state index in [-0.39, 0.29) is 24.0 Å². The molecule has 1 heterocycles. The highest BCUT2D eigenvalue weighted by molar-refractivity contribution is 7.22. The van der Waals surface area contributed by atoms with Crippen LogP contribution in [0.4, 0.5) is 10.8 Å². The molecular weight excluding hydrogens is 412 g/mol. The highest BCUT2D eigenvalue weighted by Gasteiger charge is 2.18. The van der Waals surface area contributed by atoms with Crippen LogP contribution in [0.1, 0.15) is 5.56 Å². The molecule has 0 saturated heterocycles. The maximum Gasteiger partial charge on any atom is 0.269 e. The van der Waals surface area contributed by atoms with Crippen molar-refractivity contribution in [1.29, 1.82) is 0 Å². The maximum atomic E-state index is 12.9. The highest BCUT2D eigenvalue weighted by Crippen LogP contribution is 2.28. The molecule has 1 amide bonds.